The Morgan fingerprint density at radius 1 is 1.36 bits per heavy atom. The normalized spacial score (nSPS) is 18.3. The van der Waals surface area contributed by atoms with Crippen LogP contribution in [0.2, 0.25) is 0 Å². The first-order chi connectivity index (χ1) is 13.6. The van der Waals surface area contributed by atoms with E-state index in [-0.39, 0.29) is 19.1 Å². The average Bonchev–Trinajstić information content (AvgIpc) is 3.14. The van der Waals surface area contributed by atoms with E-state index in [2.05, 4.69) is 29.3 Å². The molecule has 28 heavy (non-hydrogen) atoms. The second kappa shape index (κ2) is 11.5. The van der Waals surface area contributed by atoms with Crippen molar-refractivity contribution in [1.29, 1.82) is 0 Å². The first-order valence-electron chi connectivity index (χ1n) is 9.86. The van der Waals surface area contributed by atoms with Gasteiger partial charge in [0.25, 0.3) is 5.91 Å². The molecule has 154 valence electrons. The number of aliphatic imine (C=N–C) groups is 1. The highest BCUT2D eigenvalue weighted by Crippen LogP contribution is 2.27. The molecule has 1 aliphatic heterocycles. The van der Waals surface area contributed by atoms with Crippen molar-refractivity contribution in [3.63, 3.8) is 0 Å². The lowest BCUT2D eigenvalue weighted by atomic mass is 9.97. The SMILES string of the molecule is C=CC[C@@]1(C(=O)NNCCCCC)COC(c2ccc(OCCCO)cc2)=N1. The number of nitrogens with zero attached hydrogens (tertiary/aromatic N) is 1. The molecule has 0 radical (unpaired) electrons. The largest absolute Gasteiger partial charge is 0.494 e. The number of benzene rings is 1. The number of carbonyl (C=O) groups is 1. The Morgan fingerprint density at radius 3 is 2.82 bits per heavy atom. The van der Waals surface area contributed by atoms with E-state index in [9.17, 15) is 4.79 Å². The highest BCUT2D eigenvalue weighted by Gasteiger charge is 2.43. The second-order valence-corrected chi connectivity index (χ2v) is 6.77. The number of rotatable bonds is 13. The van der Waals surface area contributed by atoms with Gasteiger partial charge in [0.15, 0.2) is 5.54 Å². The van der Waals surface area contributed by atoms with Gasteiger partial charge >= 0.3 is 0 Å². The lowest BCUT2D eigenvalue weighted by Gasteiger charge is -2.21. The monoisotopic (exact) mass is 389 g/mol. The summed E-state index contributed by atoms with van der Waals surface area (Å²) in [5.41, 5.74) is 5.50. The zero-order valence-corrected chi connectivity index (χ0v) is 16.6. The van der Waals surface area contributed by atoms with Gasteiger partial charge in [0.2, 0.25) is 5.90 Å². The molecule has 0 aliphatic carbocycles. The molecule has 0 saturated carbocycles. The van der Waals surface area contributed by atoms with Crippen molar-refractivity contribution in [2.75, 3.05) is 26.4 Å². The van der Waals surface area contributed by atoms with Crippen LogP contribution in [0, 0.1) is 0 Å². The molecular formula is C21H31N3O4. The van der Waals surface area contributed by atoms with Crippen molar-refractivity contribution < 1.29 is 19.4 Å². The van der Waals surface area contributed by atoms with Crippen LogP contribution in [-0.4, -0.2) is 48.8 Å². The molecule has 7 nitrogen and oxygen atoms in total. The van der Waals surface area contributed by atoms with Crippen LogP contribution in [0.3, 0.4) is 0 Å². The van der Waals surface area contributed by atoms with Gasteiger partial charge in [-0.05, 0) is 30.7 Å². The molecular weight excluding hydrogens is 358 g/mol. The summed E-state index contributed by atoms with van der Waals surface area (Å²) in [5.74, 6) is 0.926. The molecule has 0 fully saturated rings. The molecule has 0 saturated heterocycles. The molecule has 0 unspecified atom stereocenters. The van der Waals surface area contributed by atoms with E-state index in [1.807, 2.05) is 24.3 Å². The minimum absolute atomic E-state index is 0.101. The van der Waals surface area contributed by atoms with E-state index in [1.54, 1.807) is 6.08 Å². The van der Waals surface area contributed by atoms with Gasteiger partial charge in [-0.3, -0.25) is 10.2 Å². The van der Waals surface area contributed by atoms with E-state index >= 15 is 0 Å². The van der Waals surface area contributed by atoms with E-state index < -0.39 is 5.54 Å². The van der Waals surface area contributed by atoms with Crippen LogP contribution in [-0.2, 0) is 9.53 Å². The molecule has 7 heteroatoms. The summed E-state index contributed by atoms with van der Waals surface area (Å²) >= 11 is 0. The number of carbonyl (C=O) groups excluding carboxylic acids is 1. The summed E-state index contributed by atoms with van der Waals surface area (Å²) in [7, 11) is 0. The van der Waals surface area contributed by atoms with Crippen LogP contribution in [0.15, 0.2) is 41.9 Å². The number of amides is 1. The second-order valence-electron chi connectivity index (χ2n) is 6.77. The van der Waals surface area contributed by atoms with Gasteiger partial charge in [0, 0.05) is 31.6 Å². The van der Waals surface area contributed by atoms with Gasteiger partial charge in [-0.1, -0.05) is 25.8 Å². The molecule has 1 aromatic rings. The van der Waals surface area contributed by atoms with Crippen molar-refractivity contribution in [1.82, 2.24) is 10.9 Å². The van der Waals surface area contributed by atoms with Crippen LogP contribution in [0.5, 0.6) is 5.75 Å². The summed E-state index contributed by atoms with van der Waals surface area (Å²) < 4.78 is 11.3. The number of aliphatic hydroxyl groups excluding tert-OH is 1. The highest BCUT2D eigenvalue weighted by molar-refractivity contribution is 6.00. The Morgan fingerprint density at radius 2 is 2.14 bits per heavy atom. The number of ether oxygens (including phenoxy) is 2. The van der Waals surface area contributed by atoms with Crippen LogP contribution in [0.4, 0.5) is 0 Å². The maximum atomic E-state index is 12.7. The van der Waals surface area contributed by atoms with Gasteiger partial charge in [0.1, 0.15) is 12.4 Å². The molecule has 0 spiro atoms. The topological polar surface area (TPSA) is 92.2 Å². The molecule has 1 aliphatic rings. The number of hydrazine groups is 1. The van der Waals surface area contributed by atoms with E-state index in [0.29, 0.717) is 31.1 Å². The Kier molecular flexibility index (Phi) is 8.97. The van der Waals surface area contributed by atoms with E-state index in [1.165, 1.54) is 0 Å². The van der Waals surface area contributed by atoms with Crippen molar-refractivity contribution in [3.8, 4) is 5.75 Å². The van der Waals surface area contributed by atoms with E-state index in [4.69, 9.17) is 14.6 Å². The molecule has 1 atom stereocenters. The van der Waals surface area contributed by atoms with Crippen molar-refractivity contribution in [2.45, 2.75) is 44.6 Å². The van der Waals surface area contributed by atoms with Crippen LogP contribution >= 0.6 is 0 Å². The van der Waals surface area contributed by atoms with Gasteiger partial charge in [-0.15, -0.1) is 6.58 Å². The molecule has 1 heterocycles. The Hall–Kier alpha value is -2.38. The minimum Gasteiger partial charge on any atom is -0.494 e. The number of hydrogen-bond donors (Lipinski definition) is 3. The zero-order valence-electron chi connectivity index (χ0n) is 16.6. The fourth-order valence-corrected chi connectivity index (χ4v) is 2.82. The summed E-state index contributed by atoms with van der Waals surface area (Å²) in [6.45, 7) is 7.35. The lowest BCUT2D eigenvalue weighted by Crippen LogP contribution is -2.51. The van der Waals surface area contributed by atoms with E-state index in [0.717, 1.165) is 31.4 Å². The molecule has 1 amide bonds. The summed E-state index contributed by atoms with van der Waals surface area (Å²) in [5, 5.41) is 8.81. The molecule has 2 rings (SSSR count). The predicted octanol–water partition coefficient (Wildman–Crippen LogP) is 2.35. The highest BCUT2D eigenvalue weighted by atomic mass is 16.5. The third-order valence-electron chi connectivity index (χ3n) is 4.45. The van der Waals surface area contributed by atoms with Gasteiger partial charge in [-0.25, -0.2) is 10.4 Å². The average molecular weight is 389 g/mol. The summed E-state index contributed by atoms with van der Waals surface area (Å²) in [6.07, 6.45) is 5.91. The van der Waals surface area contributed by atoms with Gasteiger partial charge < -0.3 is 14.6 Å². The maximum absolute atomic E-state index is 12.7. The quantitative estimate of drug-likeness (QED) is 0.274. The summed E-state index contributed by atoms with van der Waals surface area (Å²) in [6, 6.07) is 7.33. The van der Waals surface area contributed by atoms with Crippen molar-refractivity contribution in [2.24, 2.45) is 4.99 Å². The Bertz CT molecular complexity index is 660. The fourth-order valence-electron chi connectivity index (χ4n) is 2.82. The standard InChI is InChI=1S/C21H31N3O4/c1-3-5-6-13-22-24-20(26)21(12-4-2)16-28-19(23-21)17-8-10-18(11-9-17)27-15-7-14-25/h4,8-11,22,25H,2-3,5-7,12-16H2,1H3,(H,24,26)/t21-/m0/s1. The minimum atomic E-state index is -1.01. The maximum Gasteiger partial charge on any atom is 0.266 e. The van der Waals surface area contributed by atoms with Crippen LogP contribution in [0.25, 0.3) is 0 Å². The molecule has 0 bridgehead atoms. The smallest absolute Gasteiger partial charge is 0.266 e. The first-order valence-corrected chi connectivity index (χ1v) is 9.86. The first kappa shape index (κ1) is 21.9. The number of unbranched alkanes of at least 4 members (excludes halogenated alkanes) is 2. The zero-order chi connectivity index (χ0) is 20.2. The third-order valence-corrected chi connectivity index (χ3v) is 4.45. The molecule has 1 aromatic carbocycles. The van der Waals surface area contributed by atoms with Crippen LogP contribution in [0.1, 0.15) is 44.6 Å². The number of aliphatic hydroxyl groups is 1. The summed E-state index contributed by atoms with van der Waals surface area (Å²) in [4.78, 5) is 17.3. The fraction of sp³-hybridized carbons (Fsp3) is 0.524. The van der Waals surface area contributed by atoms with Crippen LogP contribution < -0.4 is 15.6 Å². The lowest BCUT2D eigenvalue weighted by molar-refractivity contribution is -0.127. The Labute approximate surface area is 166 Å². The van der Waals surface area contributed by atoms with Gasteiger partial charge in [-0.2, -0.15) is 0 Å². The van der Waals surface area contributed by atoms with Gasteiger partial charge in [0.05, 0.1) is 6.61 Å². The van der Waals surface area contributed by atoms with Crippen molar-refractivity contribution >= 4 is 11.8 Å². The number of hydrogen-bond acceptors (Lipinski definition) is 6. The predicted molar refractivity (Wildman–Crippen MR) is 109 cm³/mol. The molecule has 3 N–H and O–H groups in total. The Balaban J connectivity index is 2.01. The van der Waals surface area contributed by atoms with Crippen molar-refractivity contribution in [3.05, 3.63) is 42.5 Å². The third kappa shape index (κ3) is 6.07. The molecule has 0 aromatic heterocycles. The number of nitrogens with one attached hydrogen (secondary N) is 2.